The van der Waals surface area contributed by atoms with Gasteiger partial charge in [-0.1, -0.05) is 29.8 Å². The Hall–Kier alpha value is -2.79. The summed E-state index contributed by atoms with van der Waals surface area (Å²) in [4.78, 5) is 13.9. The summed E-state index contributed by atoms with van der Waals surface area (Å²) < 4.78 is 0. The molecule has 0 saturated carbocycles. The van der Waals surface area contributed by atoms with E-state index in [1.54, 1.807) is 6.20 Å². The minimum Gasteiger partial charge on any atom is -0.368 e. The second-order valence-corrected chi connectivity index (χ2v) is 7.50. The first kappa shape index (κ1) is 18.6. The largest absolute Gasteiger partial charge is 0.368 e. The van der Waals surface area contributed by atoms with Crippen molar-refractivity contribution in [2.75, 3.05) is 41.3 Å². The monoisotopic (exact) mass is 393 g/mol. The molecule has 3 aromatic rings. The zero-order valence-electron chi connectivity index (χ0n) is 16.2. The van der Waals surface area contributed by atoms with E-state index in [0.29, 0.717) is 0 Å². The van der Waals surface area contributed by atoms with E-state index < -0.39 is 0 Å². The normalized spacial score (nSPS) is 14.2. The van der Waals surface area contributed by atoms with E-state index in [0.717, 1.165) is 54.2 Å². The van der Waals surface area contributed by atoms with Crippen LogP contribution in [0.2, 0.25) is 5.02 Å². The summed E-state index contributed by atoms with van der Waals surface area (Å²) in [6, 6.07) is 16.4. The van der Waals surface area contributed by atoms with Crippen molar-refractivity contribution < 1.29 is 0 Å². The number of halogens is 1. The van der Waals surface area contributed by atoms with Gasteiger partial charge in [-0.3, -0.25) is 0 Å². The fourth-order valence-electron chi connectivity index (χ4n) is 3.44. The Morgan fingerprint density at radius 3 is 2.46 bits per heavy atom. The van der Waals surface area contributed by atoms with Crippen LogP contribution in [0.4, 0.5) is 23.1 Å². The number of aromatic nitrogens is 2. The maximum Gasteiger partial charge on any atom is 0.227 e. The van der Waals surface area contributed by atoms with Gasteiger partial charge in [-0.05, 0) is 55.3 Å². The average Bonchev–Trinajstić information content (AvgIpc) is 2.72. The highest BCUT2D eigenvalue weighted by molar-refractivity contribution is 6.31. The molecule has 0 spiro atoms. The van der Waals surface area contributed by atoms with Gasteiger partial charge in [0.05, 0.1) is 0 Å². The van der Waals surface area contributed by atoms with E-state index in [-0.39, 0.29) is 0 Å². The molecule has 144 valence electrons. The van der Waals surface area contributed by atoms with Crippen LogP contribution >= 0.6 is 11.6 Å². The van der Waals surface area contributed by atoms with Crippen molar-refractivity contribution in [2.24, 2.45) is 0 Å². The third-order valence-corrected chi connectivity index (χ3v) is 5.51. The van der Waals surface area contributed by atoms with Crippen molar-refractivity contribution in [1.29, 1.82) is 0 Å². The van der Waals surface area contributed by atoms with Gasteiger partial charge in [0, 0.05) is 48.8 Å². The molecule has 0 amide bonds. The van der Waals surface area contributed by atoms with Gasteiger partial charge in [-0.25, -0.2) is 4.98 Å². The minimum absolute atomic E-state index is 0.742. The Labute approximate surface area is 171 Å². The van der Waals surface area contributed by atoms with E-state index in [1.807, 2.05) is 31.2 Å². The number of rotatable bonds is 4. The van der Waals surface area contributed by atoms with E-state index in [1.165, 1.54) is 11.3 Å². The molecule has 1 aromatic heterocycles. The fourth-order valence-corrected chi connectivity index (χ4v) is 3.62. The Morgan fingerprint density at radius 1 is 0.929 bits per heavy atom. The lowest BCUT2D eigenvalue weighted by Crippen LogP contribution is -2.47. The Kier molecular flexibility index (Phi) is 5.35. The van der Waals surface area contributed by atoms with Gasteiger partial charge in [0.15, 0.2) is 0 Å². The lowest BCUT2D eigenvalue weighted by molar-refractivity contribution is 0.640. The molecule has 28 heavy (non-hydrogen) atoms. The third kappa shape index (κ3) is 4.04. The standard InChI is InChI=1S/C22H24ClN5/c1-16-5-3-6-18(15-16)27-11-13-28(14-12-27)22-24-10-9-21(26-22)25-20-8-4-7-19(23)17(20)2/h3-10,15H,11-14H2,1-2H3,(H,24,25,26). The highest BCUT2D eigenvalue weighted by Crippen LogP contribution is 2.26. The molecular formula is C22H24ClN5. The second kappa shape index (κ2) is 8.07. The van der Waals surface area contributed by atoms with E-state index in [2.05, 4.69) is 51.3 Å². The Balaban J connectivity index is 1.44. The quantitative estimate of drug-likeness (QED) is 0.688. The van der Waals surface area contributed by atoms with Crippen molar-refractivity contribution in [2.45, 2.75) is 13.8 Å². The number of hydrogen-bond acceptors (Lipinski definition) is 5. The molecule has 1 aliphatic heterocycles. The summed E-state index contributed by atoms with van der Waals surface area (Å²) in [7, 11) is 0. The third-order valence-electron chi connectivity index (χ3n) is 5.10. The number of anilines is 4. The summed E-state index contributed by atoms with van der Waals surface area (Å²) in [6.07, 6.45) is 1.80. The predicted molar refractivity (Wildman–Crippen MR) is 117 cm³/mol. The molecule has 0 aliphatic carbocycles. The molecule has 4 rings (SSSR count). The van der Waals surface area contributed by atoms with Crippen LogP contribution in [0.5, 0.6) is 0 Å². The molecule has 1 saturated heterocycles. The number of hydrogen-bond donors (Lipinski definition) is 1. The van der Waals surface area contributed by atoms with Crippen molar-refractivity contribution in [3.8, 4) is 0 Å². The van der Waals surface area contributed by atoms with Gasteiger partial charge in [0.25, 0.3) is 0 Å². The van der Waals surface area contributed by atoms with Gasteiger partial charge < -0.3 is 15.1 Å². The summed E-state index contributed by atoms with van der Waals surface area (Å²) >= 11 is 6.22. The number of benzene rings is 2. The lowest BCUT2D eigenvalue weighted by atomic mass is 10.2. The SMILES string of the molecule is Cc1cccc(N2CCN(c3nccc(Nc4cccc(Cl)c4C)n3)CC2)c1. The average molecular weight is 394 g/mol. The van der Waals surface area contributed by atoms with Crippen LogP contribution < -0.4 is 15.1 Å². The predicted octanol–water partition coefficient (Wildman–Crippen LogP) is 4.82. The first-order valence-electron chi connectivity index (χ1n) is 9.52. The fraction of sp³-hybridized carbons (Fsp3) is 0.273. The summed E-state index contributed by atoms with van der Waals surface area (Å²) in [5.74, 6) is 1.53. The number of aryl methyl sites for hydroxylation is 1. The molecule has 0 bridgehead atoms. The Bertz CT molecular complexity index is 967. The number of nitrogens with zero attached hydrogens (tertiary/aromatic N) is 4. The first-order chi connectivity index (χ1) is 13.6. The molecule has 0 unspecified atom stereocenters. The van der Waals surface area contributed by atoms with Crippen LogP contribution in [0.3, 0.4) is 0 Å². The number of piperazine rings is 1. The highest BCUT2D eigenvalue weighted by atomic mass is 35.5. The van der Waals surface area contributed by atoms with Crippen LogP contribution in [0.25, 0.3) is 0 Å². The van der Waals surface area contributed by atoms with Crippen molar-refractivity contribution in [3.63, 3.8) is 0 Å². The van der Waals surface area contributed by atoms with Crippen LogP contribution in [-0.4, -0.2) is 36.1 Å². The van der Waals surface area contributed by atoms with Crippen molar-refractivity contribution in [3.05, 3.63) is 70.9 Å². The van der Waals surface area contributed by atoms with Crippen LogP contribution in [0, 0.1) is 13.8 Å². The van der Waals surface area contributed by atoms with Gasteiger partial charge in [0.1, 0.15) is 5.82 Å². The molecule has 2 heterocycles. The van der Waals surface area contributed by atoms with Crippen LogP contribution in [0.15, 0.2) is 54.7 Å². The van der Waals surface area contributed by atoms with E-state index >= 15 is 0 Å². The van der Waals surface area contributed by atoms with Crippen LogP contribution in [0.1, 0.15) is 11.1 Å². The van der Waals surface area contributed by atoms with Gasteiger partial charge in [-0.2, -0.15) is 4.98 Å². The first-order valence-corrected chi connectivity index (χ1v) is 9.90. The minimum atomic E-state index is 0.742. The topological polar surface area (TPSA) is 44.3 Å². The maximum atomic E-state index is 6.22. The maximum absolute atomic E-state index is 6.22. The molecule has 2 aromatic carbocycles. The highest BCUT2D eigenvalue weighted by Gasteiger charge is 2.19. The molecule has 0 radical (unpaired) electrons. The summed E-state index contributed by atoms with van der Waals surface area (Å²) in [5.41, 5.74) is 4.54. The van der Waals surface area contributed by atoms with Crippen molar-refractivity contribution >= 4 is 34.7 Å². The van der Waals surface area contributed by atoms with Crippen molar-refractivity contribution in [1.82, 2.24) is 9.97 Å². The van der Waals surface area contributed by atoms with E-state index in [9.17, 15) is 0 Å². The number of nitrogens with one attached hydrogen (secondary N) is 1. The summed E-state index contributed by atoms with van der Waals surface area (Å²) in [5, 5.41) is 4.10. The lowest BCUT2D eigenvalue weighted by Gasteiger charge is -2.36. The molecule has 1 N–H and O–H groups in total. The molecule has 0 atom stereocenters. The van der Waals surface area contributed by atoms with Crippen LogP contribution in [-0.2, 0) is 0 Å². The molecule has 5 nitrogen and oxygen atoms in total. The molecule has 6 heteroatoms. The Morgan fingerprint density at radius 2 is 1.68 bits per heavy atom. The van der Waals surface area contributed by atoms with Gasteiger partial charge in [0.2, 0.25) is 5.95 Å². The molecule has 1 aliphatic rings. The molecule has 1 fully saturated rings. The van der Waals surface area contributed by atoms with E-state index in [4.69, 9.17) is 16.6 Å². The molecular weight excluding hydrogens is 370 g/mol. The summed E-state index contributed by atoms with van der Waals surface area (Å²) in [6.45, 7) is 7.84. The smallest absolute Gasteiger partial charge is 0.227 e. The zero-order chi connectivity index (χ0) is 19.5. The van der Waals surface area contributed by atoms with Gasteiger partial charge in [-0.15, -0.1) is 0 Å². The zero-order valence-corrected chi connectivity index (χ0v) is 16.9. The second-order valence-electron chi connectivity index (χ2n) is 7.09. The van der Waals surface area contributed by atoms with Gasteiger partial charge >= 0.3 is 0 Å².